The van der Waals surface area contributed by atoms with Gasteiger partial charge in [0.25, 0.3) is 5.91 Å². The van der Waals surface area contributed by atoms with Crippen molar-refractivity contribution in [2.45, 2.75) is 39.7 Å². The highest BCUT2D eigenvalue weighted by Gasteiger charge is 2.54. The first-order chi connectivity index (χ1) is 13.4. The molecule has 1 aromatic carbocycles. The second-order valence-electron chi connectivity index (χ2n) is 8.08. The lowest BCUT2D eigenvalue weighted by Gasteiger charge is -2.35. The number of hydrogen-bond donors (Lipinski definition) is 0. The highest BCUT2D eigenvalue weighted by molar-refractivity contribution is 6.24. The standard InChI is InChI=1S/C21H28N5O2/c1-5-15-7-9-16(10-8-15)24-11-6-12-25-17-18(22-20(24)25)23(4)21(28)26(19(17)27)13-14(2)3/h7-10,14,17H,5-6,11-13H2,1-4H3/q+1. The molecule has 28 heavy (non-hydrogen) atoms. The number of nitrogens with zero attached hydrogens (tertiary/aromatic N) is 5. The summed E-state index contributed by atoms with van der Waals surface area (Å²) in [6.45, 7) is 8.21. The van der Waals surface area contributed by atoms with Crippen LogP contribution in [0.2, 0.25) is 0 Å². The van der Waals surface area contributed by atoms with Crippen LogP contribution < -0.4 is 4.90 Å². The third-order valence-electron chi connectivity index (χ3n) is 5.62. The normalized spacial score (nSPS) is 22.1. The summed E-state index contributed by atoms with van der Waals surface area (Å²) in [6.07, 6.45) is 1.94. The van der Waals surface area contributed by atoms with Gasteiger partial charge in [0.05, 0.1) is 13.1 Å². The number of amidine groups is 1. The van der Waals surface area contributed by atoms with Crippen LogP contribution in [0.1, 0.15) is 32.8 Å². The number of benzene rings is 1. The minimum absolute atomic E-state index is 0.159. The largest absolute Gasteiger partial charge is 0.397 e. The number of hydrogen-bond acceptors (Lipinski definition) is 4. The predicted octanol–water partition coefficient (Wildman–Crippen LogP) is 2.16. The van der Waals surface area contributed by atoms with E-state index in [0.717, 1.165) is 37.6 Å². The van der Waals surface area contributed by atoms with E-state index in [9.17, 15) is 9.59 Å². The molecule has 0 aromatic heterocycles. The summed E-state index contributed by atoms with van der Waals surface area (Å²) in [5.41, 5.74) is 2.36. The molecule has 0 spiro atoms. The number of imide groups is 1. The van der Waals surface area contributed by atoms with Gasteiger partial charge in [-0.1, -0.05) is 37.9 Å². The Kier molecular flexibility index (Phi) is 4.69. The molecule has 1 unspecified atom stereocenters. The Hall–Kier alpha value is -2.70. The Morgan fingerprint density at radius 2 is 1.93 bits per heavy atom. The van der Waals surface area contributed by atoms with Gasteiger partial charge in [-0.15, -0.1) is 0 Å². The minimum atomic E-state index is -0.505. The number of rotatable bonds is 4. The molecule has 0 bridgehead atoms. The monoisotopic (exact) mass is 382 g/mol. The first-order valence-electron chi connectivity index (χ1n) is 10.1. The molecule has 0 saturated carbocycles. The quantitative estimate of drug-likeness (QED) is 0.750. The Bertz CT molecular complexity index is 871. The molecule has 1 atom stereocenters. The van der Waals surface area contributed by atoms with Crippen LogP contribution in [0.25, 0.3) is 0 Å². The zero-order chi connectivity index (χ0) is 20.0. The maximum absolute atomic E-state index is 13.2. The number of carbonyl (C=O) groups excluding carboxylic acids is 2. The van der Waals surface area contributed by atoms with Crippen LogP contribution in [-0.2, 0) is 11.2 Å². The molecule has 3 amide bonds. The van der Waals surface area contributed by atoms with E-state index in [2.05, 4.69) is 40.7 Å². The number of likely N-dealkylation sites (N-methyl/N-ethyl adjacent to an activating group) is 1. The number of amides is 3. The second kappa shape index (κ2) is 7.04. The van der Waals surface area contributed by atoms with Gasteiger partial charge in [-0.25, -0.2) is 14.3 Å². The number of carbonyl (C=O) groups is 2. The molecule has 0 radical (unpaired) electrons. The molecule has 3 aliphatic heterocycles. The number of urea groups is 1. The SMILES string of the molecule is CCc1ccc(N2CCC[N+]3=C2N=C2C3C(=O)N(CC(C)C)C(=O)N2C)cc1. The van der Waals surface area contributed by atoms with Crippen LogP contribution in [0, 0.1) is 5.92 Å². The summed E-state index contributed by atoms with van der Waals surface area (Å²) in [4.78, 5) is 35.8. The van der Waals surface area contributed by atoms with E-state index in [-0.39, 0.29) is 17.9 Å². The zero-order valence-corrected chi connectivity index (χ0v) is 17.1. The first kappa shape index (κ1) is 18.7. The van der Waals surface area contributed by atoms with Gasteiger partial charge in [0.2, 0.25) is 11.9 Å². The fraction of sp³-hybridized carbons (Fsp3) is 0.524. The topological polar surface area (TPSA) is 59.2 Å². The average Bonchev–Trinajstić information content (AvgIpc) is 3.09. The van der Waals surface area contributed by atoms with Crippen LogP contribution in [0.4, 0.5) is 10.5 Å². The van der Waals surface area contributed by atoms with Gasteiger partial charge in [0.1, 0.15) is 5.69 Å². The van der Waals surface area contributed by atoms with E-state index in [1.54, 1.807) is 7.05 Å². The molecule has 3 aliphatic rings. The number of aryl methyl sites for hydroxylation is 1. The van der Waals surface area contributed by atoms with E-state index >= 15 is 0 Å². The molecule has 7 heteroatoms. The van der Waals surface area contributed by atoms with Crippen molar-refractivity contribution in [3.63, 3.8) is 0 Å². The third kappa shape index (κ3) is 2.89. The predicted molar refractivity (Wildman–Crippen MR) is 109 cm³/mol. The molecule has 0 N–H and O–H groups in total. The molecule has 1 fully saturated rings. The van der Waals surface area contributed by atoms with Crippen molar-refractivity contribution in [3.05, 3.63) is 29.8 Å². The molecule has 7 nitrogen and oxygen atoms in total. The second-order valence-corrected chi connectivity index (χ2v) is 8.08. The average molecular weight is 382 g/mol. The van der Waals surface area contributed by atoms with E-state index < -0.39 is 6.04 Å². The lowest BCUT2D eigenvalue weighted by molar-refractivity contribution is -0.539. The Labute approximate surface area is 165 Å². The Morgan fingerprint density at radius 1 is 1.21 bits per heavy atom. The smallest absolute Gasteiger partial charge is 0.270 e. The number of aliphatic imine (C=N–C) groups is 1. The van der Waals surface area contributed by atoms with Crippen LogP contribution in [0.5, 0.6) is 0 Å². The van der Waals surface area contributed by atoms with E-state index in [1.807, 2.05) is 13.8 Å². The molecular formula is C21H28N5O2+. The van der Waals surface area contributed by atoms with Crippen molar-refractivity contribution >= 4 is 29.4 Å². The minimum Gasteiger partial charge on any atom is -0.270 e. The van der Waals surface area contributed by atoms with Gasteiger partial charge >= 0.3 is 12.0 Å². The van der Waals surface area contributed by atoms with Crippen LogP contribution in [0.3, 0.4) is 0 Å². The maximum Gasteiger partial charge on any atom is 0.397 e. The van der Waals surface area contributed by atoms with E-state index in [4.69, 9.17) is 4.99 Å². The first-order valence-corrected chi connectivity index (χ1v) is 10.1. The van der Waals surface area contributed by atoms with Gasteiger partial charge in [0.15, 0.2) is 0 Å². The van der Waals surface area contributed by atoms with Crippen molar-refractivity contribution in [2.75, 3.05) is 31.6 Å². The zero-order valence-electron chi connectivity index (χ0n) is 17.1. The molecule has 0 aliphatic carbocycles. The summed E-state index contributed by atoms with van der Waals surface area (Å²) in [6, 6.07) is 7.70. The molecule has 148 valence electrons. The van der Waals surface area contributed by atoms with Crippen molar-refractivity contribution in [3.8, 4) is 0 Å². The fourth-order valence-electron chi connectivity index (χ4n) is 4.14. The van der Waals surface area contributed by atoms with Crippen molar-refractivity contribution in [1.82, 2.24) is 9.80 Å². The number of fused-ring (bicyclic) bond motifs is 2. The van der Waals surface area contributed by atoms with Crippen LogP contribution in [0.15, 0.2) is 29.3 Å². The maximum atomic E-state index is 13.2. The summed E-state index contributed by atoms with van der Waals surface area (Å²) in [7, 11) is 1.72. The van der Waals surface area contributed by atoms with Crippen LogP contribution in [-0.4, -0.2) is 70.8 Å². The number of anilines is 1. The van der Waals surface area contributed by atoms with Crippen molar-refractivity contribution in [2.24, 2.45) is 10.9 Å². The summed E-state index contributed by atoms with van der Waals surface area (Å²) >= 11 is 0. The third-order valence-corrected chi connectivity index (χ3v) is 5.62. The highest BCUT2D eigenvalue weighted by atomic mass is 16.2. The van der Waals surface area contributed by atoms with Crippen molar-refractivity contribution in [1.29, 1.82) is 0 Å². The van der Waals surface area contributed by atoms with Crippen molar-refractivity contribution < 1.29 is 14.2 Å². The Balaban J connectivity index is 1.72. The lowest BCUT2D eigenvalue weighted by atomic mass is 10.1. The Morgan fingerprint density at radius 3 is 2.57 bits per heavy atom. The summed E-state index contributed by atoms with van der Waals surface area (Å²) < 4.78 is 2.06. The van der Waals surface area contributed by atoms with E-state index in [0.29, 0.717) is 12.4 Å². The summed E-state index contributed by atoms with van der Waals surface area (Å²) in [5.74, 6) is 1.38. The van der Waals surface area contributed by atoms with Gasteiger partial charge in [-0.05, 0) is 30.0 Å². The van der Waals surface area contributed by atoms with E-state index in [1.165, 1.54) is 15.4 Å². The lowest BCUT2D eigenvalue weighted by Crippen LogP contribution is -2.63. The summed E-state index contributed by atoms with van der Waals surface area (Å²) in [5, 5.41) is 0. The molecule has 1 aromatic rings. The fourth-order valence-corrected chi connectivity index (χ4v) is 4.14. The van der Waals surface area contributed by atoms with Gasteiger partial charge in [0, 0.05) is 20.0 Å². The van der Waals surface area contributed by atoms with Gasteiger partial charge in [-0.3, -0.25) is 14.6 Å². The molecule has 1 saturated heterocycles. The van der Waals surface area contributed by atoms with Gasteiger partial charge in [-0.2, -0.15) is 0 Å². The highest BCUT2D eigenvalue weighted by Crippen LogP contribution is 2.27. The molecule has 4 rings (SSSR count). The van der Waals surface area contributed by atoms with Crippen LogP contribution >= 0.6 is 0 Å². The van der Waals surface area contributed by atoms with Gasteiger partial charge < -0.3 is 0 Å². The molecular weight excluding hydrogens is 354 g/mol. The number of guanidine groups is 1. The molecule has 3 heterocycles.